The maximum absolute atomic E-state index is 11.3. The number of anilines is 1. The summed E-state index contributed by atoms with van der Waals surface area (Å²) in [6.07, 6.45) is 1.17. The molecule has 0 radical (unpaired) electrons. The van der Waals surface area contributed by atoms with Crippen molar-refractivity contribution in [2.24, 2.45) is 0 Å². The van der Waals surface area contributed by atoms with E-state index in [4.69, 9.17) is 0 Å². The van der Waals surface area contributed by atoms with Crippen LogP contribution in [0, 0.1) is 6.92 Å². The fraction of sp³-hybridized carbons (Fsp3) is 0.533. The number of piperazine rings is 1. The van der Waals surface area contributed by atoms with Crippen LogP contribution in [0.5, 0.6) is 0 Å². The molecule has 1 aromatic rings. The van der Waals surface area contributed by atoms with Gasteiger partial charge in [0.15, 0.2) is 0 Å². The van der Waals surface area contributed by atoms with Crippen molar-refractivity contribution in [2.45, 2.75) is 20.3 Å². The molecular weight excluding hydrogens is 240 g/mol. The zero-order valence-electron chi connectivity index (χ0n) is 11.7. The van der Waals surface area contributed by atoms with Crippen LogP contribution in [0.15, 0.2) is 18.2 Å². The third-order valence-electron chi connectivity index (χ3n) is 3.64. The number of benzene rings is 1. The summed E-state index contributed by atoms with van der Waals surface area (Å²) >= 11 is 0. The third-order valence-corrected chi connectivity index (χ3v) is 3.64. The molecule has 19 heavy (non-hydrogen) atoms. The van der Waals surface area contributed by atoms with Gasteiger partial charge in [0.1, 0.15) is 0 Å². The molecule has 4 nitrogen and oxygen atoms in total. The minimum atomic E-state index is -0.842. The molecule has 1 saturated heterocycles. The van der Waals surface area contributed by atoms with Crippen LogP contribution in [0.25, 0.3) is 0 Å². The Labute approximate surface area is 114 Å². The van der Waals surface area contributed by atoms with Crippen LogP contribution in [-0.2, 0) is 0 Å². The predicted molar refractivity (Wildman–Crippen MR) is 77.1 cm³/mol. The van der Waals surface area contributed by atoms with E-state index in [2.05, 4.69) is 16.7 Å². The van der Waals surface area contributed by atoms with E-state index in [0.29, 0.717) is 5.56 Å². The van der Waals surface area contributed by atoms with Gasteiger partial charge in [0.05, 0.1) is 11.3 Å². The summed E-state index contributed by atoms with van der Waals surface area (Å²) in [5, 5.41) is 9.29. The minimum absolute atomic E-state index is 0.412. The molecule has 0 atom stereocenters. The number of aromatic carboxylic acids is 1. The zero-order valence-corrected chi connectivity index (χ0v) is 11.7. The normalized spacial score (nSPS) is 16.6. The Bertz CT molecular complexity index is 451. The van der Waals surface area contributed by atoms with Gasteiger partial charge in [-0.2, -0.15) is 0 Å². The fourth-order valence-electron chi connectivity index (χ4n) is 2.61. The monoisotopic (exact) mass is 262 g/mol. The van der Waals surface area contributed by atoms with Crippen LogP contribution < -0.4 is 4.90 Å². The number of hydrogen-bond donors (Lipinski definition) is 1. The van der Waals surface area contributed by atoms with E-state index in [9.17, 15) is 9.90 Å². The van der Waals surface area contributed by atoms with Crippen molar-refractivity contribution in [1.29, 1.82) is 0 Å². The highest BCUT2D eigenvalue weighted by molar-refractivity contribution is 5.94. The molecule has 0 saturated carbocycles. The van der Waals surface area contributed by atoms with Gasteiger partial charge < -0.3 is 10.0 Å². The lowest BCUT2D eigenvalue weighted by molar-refractivity contribution is 0.0697. The summed E-state index contributed by atoms with van der Waals surface area (Å²) in [6, 6.07) is 5.56. The third kappa shape index (κ3) is 3.26. The van der Waals surface area contributed by atoms with E-state index in [1.165, 1.54) is 6.42 Å². The maximum atomic E-state index is 11.3. The lowest BCUT2D eigenvalue weighted by atomic mass is 10.1. The number of hydrogen-bond acceptors (Lipinski definition) is 3. The van der Waals surface area contributed by atoms with Crippen LogP contribution in [0.3, 0.4) is 0 Å². The van der Waals surface area contributed by atoms with E-state index >= 15 is 0 Å². The second kappa shape index (κ2) is 6.06. The lowest BCUT2D eigenvalue weighted by Gasteiger charge is -2.36. The van der Waals surface area contributed by atoms with Crippen LogP contribution in [0.2, 0.25) is 0 Å². The Hall–Kier alpha value is -1.55. The molecule has 0 aliphatic carbocycles. The van der Waals surface area contributed by atoms with Gasteiger partial charge in [-0.05, 0) is 37.6 Å². The molecule has 0 spiro atoms. The fourth-order valence-corrected chi connectivity index (χ4v) is 2.61. The highest BCUT2D eigenvalue weighted by Crippen LogP contribution is 2.23. The molecule has 0 bridgehead atoms. The van der Waals surface area contributed by atoms with E-state index < -0.39 is 5.97 Å². The molecule has 1 N–H and O–H groups in total. The van der Waals surface area contributed by atoms with E-state index in [-0.39, 0.29) is 0 Å². The Balaban J connectivity index is 2.14. The van der Waals surface area contributed by atoms with Crippen molar-refractivity contribution in [3.8, 4) is 0 Å². The largest absolute Gasteiger partial charge is 0.478 e. The van der Waals surface area contributed by atoms with Gasteiger partial charge in [-0.25, -0.2) is 4.79 Å². The van der Waals surface area contributed by atoms with Crippen LogP contribution in [-0.4, -0.2) is 48.7 Å². The van der Waals surface area contributed by atoms with Crippen LogP contribution in [0.4, 0.5) is 5.69 Å². The number of carboxylic acids is 1. The van der Waals surface area contributed by atoms with Gasteiger partial charge >= 0.3 is 5.97 Å². The molecule has 1 aromatic carbocycles. The second-order valence-electron chi connectivity index (χ2n) is 5.15. The molecule has 0 aromatic heterocycles. The predicted octanol–water partition coefficient (Wildman–Crippen LogP) is 2.23. The number of carbonyl (C=O) groups is 1. The summed E-state index contributed by atoms with van der Waals surface area (Å²) in [5.41, 5.74) is 2.38. The highest BCUT2D eigenvalue weighted by atomic mass is 16.4. The number of carboxylic acid groups (broad SMARTS) is 1. The Morgan fingerprint density at radius 3 is 2.53 bits per heavy atom. The summed E-state index contributed by atoms with van der Waals surface area (Å²) in [7, 11) is 0. The highest BCUT2D eigenvalue weighted by Gasteiger charge is 2.20. The molecule has 0 amide bonds. The first-order chi connectivity index (χ1) is 9.11. The molecule has 1 aliphatic heterocycles. The molecule has 4 heteroatoms. The van der Waals surface area contributed by atoms with Gasteiger partial charge in [0, 0.05) is 26.2 Å². The lowest BCUT2D eigenvalue weighted by Crippen LogP contribution is -2.47. The summed E-state index contributed by atoms with van der Waals surface area (Å²) in [5.74, 6) is -0.842. The topological polar surface area (TPSA) is 43.8 Å². The van der Waals surface area contributed by atoms with Gasteiger partial charge in [-0.15, -0.1) is 0 Å². The minimum Gasteiger partial charge on any atom is -0.478 e. The van der Waals surface area contributed by atoms with Crippen molar-refractivity contribution in [3.05, 3.63) is 29.3 Å². The number of aryl methyl sites for hydroxylation is 1. The Morgan fingerprint density at radius 2 is 1.95 bits per heavy atom. The smallest absolute Gasteiger partial charge is 0.337 e. The average molecular weight is 262 g/mol. The maximum Gasteiger partial charge on any atom is 0.337 e. The Kier molecular flexibility index (Phi) is 4.43. The first kappa shape index (κ1) is 13.9. The van der Waals surface area contributed by atoms with Gasteiger partial charge in [-0.3, -0.25) is 4.90 Å². The zero-order chi connectivity index (χ0) is 13.8. The van der Waals surface area contributed by atoms with Crippen LogP contribution >= 0.6 is 0 Å². The van der Waals surface area contributed by atoms with E-state index in [0.717, 1.165) is 44.0 Å². The molecule has 1 fully saturated rings. The molecular formula is C15H22N2O2. The van der Waals surface area contributed by atoms with E-state index in [1.807, 2.05) is 19.1 Å². The van der Waals surface area contributed by atoms with Crippen LogP contribution in [0.1, 0.15) is 29.3 Å². The van der Waals surface area contributed by atoms with E-state index in [1.54, 1.807) is 6.07 Å². The van der Waals surface area contributed by atoms with Crippen molar-refractivity contribution in [1.82, 2.24) is 4.90 Å². The van der Waals surface area contributed by atoms with Crippen molar-refractivity contribution in [3.63, 3.8) is 0 Å². The summed E-state index contributed by atoms with van der Waals surface area (Å²) in [4.78, 5) is 15.9. The SMILES string of the molecule is CCCN1CCN(c2cc(C)ccc2C(=O)O)CC1. The first-order valence-corrected chi connectivity index (χ1v) is 6.93. The number of nitrogens with zero attached hydrogens (tertiary/aromatic N) is 2. The molecule has 1 heterocycles. The quantitative estimate of drug-likeness (QED) is 0.903. The van der Waals surface area contributed by atoms with Gasteiger partial charge in [0.25, 0.3) is 0 Å². The number of rotatable bonds is 4. The summed E-state index contributed by atoms with van der Waals surface area (Å²) in [6.45, 7) is 9.17. The first-order valence-electron chi connectivity index (χ1n) is 6.93. The molecule has 0 unspecified atom stereocenters. The van der Waals surface area contributed by atoms with Crippen molar-refractivity contribution in [2.75, 3.05) is 37.6 Å². The molecule has 1 aliphatic rings. The van der Waals surface area contributed by atoms with Crippen molar-refractivity contribution < 1.29 is 9.90 Å². The average Bonchev–Trinajstić information content (AvgIpc) is 2.39. The second-order valence-corrected chi connectivity index (χ2v) is 5.15. The molecule has 104 valence electrons. The Morgan fingerprint density at radius 1 is 1.26 bits per heavy atom. The molecule has 2 rings (SSSR count). The summed E-state index contributed by atoms with van der Waals surface area (Å²) < 4.78 is 0. The van der Waals surface area contributed by atoms with Gasteiger partial charge in [0.2, 0.25) is 0 Å². The van der Waals surface area contributed by atoms with Crippen molar-refractivity contribution >= 4 is 11.7 Å². The van der Waals surface area contributed by atoms with Gasteiger partial charge in [-0.1, -0.05) is 13.0 Å². The standard InChI is InChI=1S/C15H22N2O2/c1-3-6-16-7-9-17(10-8-16)14-11-12(2)4-5-13(14)15(18)19/h4-5,11H,3,6-10H2,1-2H3,(H,18,19).